The van der Waals surface area contributed by atoms with Crippen LogP contribution in [0.25, 0.3) is 11.0 Å². The van der Waals surface area contributed by atoms with Gasteiger partial charge in [0.1, 0.15) is 16.9 Å². The summed E-state index contributed by atoms with van der Waals surface area (Å²) in [6, 6.07) is 5.90. The number of aromatic nitrogens is 2. The van der Waals surface area contributed by atoms with Gasteiger partial charge in [-0.25, -0.2) is 4.39 Å². The highest BCUT2D eigenvalue weighted by atomic mass is 32.1. The SMILES string of the molecule is COc1cc(C2c3c(oc4ccc(F)cc4c3=O)C(=O)N2c2nncs2)cc(OC)c1OC. The minimum absolute atomic E-state index is 0.0260. The van der Waals surface area contributed by atoms with Gasteiger partial charge in [-0.1, -0.05) is 11.3 Å². The molecule has 11 heteroatoms. The van der Waals surface area contributed by atoms with Crippen LogP contribution in [0.4, 0.5) is 9.52 Å². The van der Waals surface area contributed by atoms with E-state index in [0.717, 1.165) is 23.5 Å². The van der Waals surface area contributed by atoms with E-state index in [1.54, 1.807) is 12.1 Å². The summed E-state index contributed by atoms with van der Waals surface area (Å²) < 4.78 is 36.0. The maximum absolute atomic E-state index is 13.9. The maximum Gasteiger partial charge on any atom is 0.297 e. The summed E-state index contributed by atoms with van der Waals surface area (Å²) in [6.07, 6.45) is 0. The quantitative estimate of drug-likeness (QED) is 0.437. The van der Waals surface area contributed by atoms with Crippen LogP contribution in [0.3, 0.4) is 0 Å². The summed E-state index contributed by atoms with van der Waals surface area (Å²) in [5.41, 5.74) is 1.59. The van der Waals surface area contributed by atoms with Crippen molar-refractivity contribution < 1.29 is 27.8 Å². The molecule has 0 saturated heterocycles. The molecule has 33 heavy (non-hydrogen) atoms. The van der Waals surface area contributed by atoms with Gasteiger partial charge in [-0.05, 0) is 35.9 Å². The molecule has 1 amide bonds. The fourth-order valence-electron chi connectivity index (χ4n) is 3.99. The number of benzene rings is 2. The lowest BCUT2D eigenvalue weighted by molar-refractivity contribution is 0.0970. The van der Waals surface area contributed by atoms with Crippen LogP contribution in [0.5, 0.6) is 17.2 Å². The minimum atomic E-state index is -0.946. The zero-order valence-electron chi connectivity index (χ0n) is 17.6. The van der Waals surface area contributed by atoms with E-state index in [2.05, 4.69) is 10.2 Å². The fraction of sp³-hybridized carbons (Fsp3) is 0.182. The average Bonchev–Trinajstić information content (AvgIpc) is 3.45. The van der Waals surface area contributed by atoms with Gasteiger partial charge in [0.15, 0.2) is 16.9 Å². The van der Waals surface area contributed by atoms with E-state index < -0.39 is 23.2 Å². The Bertz CT molecular complexity index is 1430. The first kappa shape index (κ1) is 20.9. The van der Waals surface area contributed by atoms with Crippen molar-refractivity contribution in [3.8, 4) is 17.2 Å². The van der Waals surface area contributed by atoms with E-state index in [1.165, 1.54) is 37.8 Å². The van der Waals surface area contributed by atoms with Gasteiger partial charge >= 0.3 is 0 Å². The van der Waals surface area contributed by atoms with Crippen LogP contribution in [0.15, 0.2) is 45.1 Å². The van der Waals surface area contributed by atoms with E-state index >= 15 is 0 Å². The molecule has 1 atom stereocenters. The average molecular weight is 469 g/mol. The standard InChI is InChI=1S/C22H16FN3O6S/c1-29-14-6-10(7-15(30-2)19(14)31-3)17-16-18(27)12-8-11(23)4-5-13(12)32-20(16)21(28)26(17)22-25-24-9-33-22/h4-9,17H,1-3H3. The molecule has 168 valence electrons. The second-order valence-electron chi connectivity index (χ2n) is 7.07. The summed E-state index contributed by atoms with van der Waals surface area (Å²) >= 11 is 1.13. The molecule has 0 spiro atoms. The Morgan fingerprint density at radius 3 is 2.39 bits per heavy atom. The van der Waals surface area contributed by atoms with Crippen LogP contribution < -0.4 is 24.5 Å². The van der Waals surface area contributed by atoms with Crippen LogP contribution in [0.2, 0.25) is 0 Å². The molecule has 5 rings (SSSR count). The van der Waals surface area contributed by atoms with Gasteiger partial charge in [0.25, 0.3) is 5.91 Å². The maximum atomic E-state index is 13.9. The monoisotopic (exact) mass is 469 g/mol. The van der Waals surface area contributed by atoms with Crippen LogP contribution in [-0.4, -0.2) is 37.4 Å². The van der Waals surface area contributed by atoms with Crippen molar-refractivity contribution in [3.05, 3.63) is 68.8 Å². The highest BCUT2D eigenvalue weighted by molar-refractivity contribution is 7.13. The summed E-state index contributed by atoms with van der Waals surface area (Å²) in [5.74, 6) is -0.285. The topological polar surface area (TPSA) is 104 Å². The van der Waals surface area contributed by atoms with Crippen molar-refractivity contribution in [2.45, 2.75) is 6.04 Å². The largest absolute Gasteiger partial charge is 0.493 e. The molecule has 0 fully saturated rings. The first-order valence-electron chi connectivity index (χ1n) is 9.64. The van der Waals surface area contributed by atoms with Crippen LogP contribution >= 0.6 is 11.3 Å². The van der Waals surface area contributed by atoms with E-state index in [4.69, 9.17) is 18.6 Å². The highest BCUT2D eigenvalue weighted by Gasteiger charge is 2.45. The number of hydrogen-bond donors (Lipinski definition) is 0. The lowest BCUT2D eigenvalue weighted by Crippen LogP contribution is -2.29. The Morgan fingerprint density at radius 1 is 1.06 bits per heavy atom. The molecule has 3 heterocycles. The normalized spacial score (nSPS) is 15.1. The summed E-state index contributed by atoms with van der Waals surface area (Å²) in [7, 11) is 4.39. The van der Waals surface area contributed by atoms with Crippen LogP contribution in [-0.2, 0) is 0 Å². The van der Waals surface area contributed by atoms with Gasteiger partial charge in [-0.2, -0.15) is 0 Å². The van der Waals surface area contributed by atoms with Crippen LogP contribution in [0.1, 0.15) is 27.7 Å². The smallest absolute Gasteiger partial charge is 0.297 e. The molecule has 0 saturated carbocycles. The number of hydrogen-bond acceptors (Lipinski definition) is 9. The molecule has 4 aromatic rings. The molecular weight excluding hydrogens is 453 g/mol. The van der Waals surface area contributed by atoms with E-state index in [0.29, 0.717) is 22.8 Å². The summed E-state index contributed by atoms with van der Waals surface area (Å²) in [4.78, 5) is 28.3. The molecular formula is C22H16FN3O6S. The molecule has 0 radical (unpaired) electrons. The number of carbonyl (C=O) groups excluding carboxylic acids is 1. The number of anilines is 1. The summed E-state index contributed by atoms with van der Waals surface area (Å²) in [5, 5.41) is 8.14. The lowest BCUT2D eigenvalue weighted by atomic mass is 9.98. The zero-order chi connectivity index (χ0) is 23.3. The third-order valence-electron chi connectivity index (χ3n) is 5.39. The third kappa shape index (κ3) is 3.11. The summed E-state index contributed by atoms with van der Waals surface area (Å²) in [6.45, 7) is 0. The number of ether oxygens (including phenoxy) is 3. The van der Waals surface area contributed by atoms with Gasteiger partial charge in [0, 0.05) is 0 Å². The van der Waals surface area contributed by atoms with E-state index in [9.17, 15) is 14.0 Å². The number of methoxy groups -OCH3 is 3. The van der Waals surface area contributed by atoms with Crippen molar-refractivity contribution in [1.82, 2.24) is 10.2 Å². The predicted octanol–water partition coefficient (Wildman–Crippen LogP) is 3.56. The first-order chi connectivity index (χ1) is 16.0. The minimum Gasteiger partial charge on any atom is -0.493 e. The number of nitrogens with zero attached hydrogens (tertiary/aromatic N) is 3. The van der Waals surface area contributed by atoms with E-state index in [-0.39, 0.29) is 27.4 Å². The molecule has 0 bridgehead atoms. The van der Waals surface area contributed by atoms with Gasteiger partial charge < -0.3 is 18.6 Å². The molecule has 2 aromatic carbocycles. The van der Waals surface area contributed by atoms with Crippen molar-refractivity contribution in [1.29, 1.82) is 0 Å². The Hall–Kier alpha value is -3.99. The number of fused-ring (bicyclic) bond motifs is 2. The van der Waals surface area contributed by atoms with Crippen molar-refractivity contribution in [2.75, 3.05) is 26.2 Å². The number of halogens is 1. The Balaban J connectivity index is 1.84. The van der Waals surface area contributed by atoms with Gasteiger partial charge in [0.2, 0.25) is 16.6 Å². The molecule has 1 aliphatic heterocycles. The van der Waals surface area contributed by atoms with E-state index in [1.807, 2.05) is 0 Å². The first-order valence-corrected chi connectivity index (χ1v) is 10.5. The van der Waals surface area contributed by atoms with Crippen LogP contribution in [0, 0.1) is 5.82 Å². The van der Waals surface area contributed by atoms with Crippen molar-refractivity contribution >= 4 is 33.3 Å². The van der Waals surface area contributed by atoms with Gasteiger partial charge in [0.05, 0.1) is 38.3 Å². The molecule has 9 nitrogen and oxygen atoms in total. The molecule has 2 aromatic heterocycles. The second-order valence-corrected chi connectivity index (χ2v) is 7.88. The van der Waals surface area contributed by atoms with Gasteiger partial charge in [-0.3, -0.25) is 14.5 Å². The molecule has 0 aliphatic carbocycles. The predicted molar refractivity (Wildman–Crippen MR) is 117 cm³/mol. The highest BCUT2D eigenvalue weighted by Crippen LogP contribution is 2.46. The molecule has 1 unspecified atom stereocenters. The lowest BCUT2D eigenvalue weighted by Gasteiger charge is -2.23. The van der Waals surface area contributed by atoms with Gasteiger partial charge in [-0.15, -0.1) is 10.2 Å². The second kappa shape index (κ2) is 7.85. The Labute approximate surface area is 189 Å². The zero-order valence-corrected chi connectivity index (χ0v) is 18.4. The molecule has 1 aliphatic rings. The number of amides is 1. The Morgan fingerprint density at radius 2 is 1.79 bits per heavy atom. The van der Waals surface area contributed by atoms with Crippen molar-refractivity contribution in [3.63, 3.8) is 0 Å². The molecule has 0 N–H and O–H groups in total. The number of carbonyl (C=O) groups is 1. The Kier molecular flexibility index (Phi) is 4.97. The number of rotatable bonds is 5. The fourth-order valence-corrected chi connectivity index (χ4v) is 4.57. The third-order valence-corrected chi connectivity index (χ3v) is 6.08. The van der Waals surface area contributed by atoms with Crippen molar-refractivity contribution in [2.24, 2.45) is 0 Å².